The average Bonchev–Trinajstić information content (AvgIpc) is 2.54. The molecule has 1 N–H and O–H groups in total. The topological polar surface area (TPSA) is 34.2 Å². The molecule has 2 aromatic carbocycles. The van der Waals surface area contributed by atoms with E-state index in [2.05, 4.69) is 18.3 Å². The van der Waals surface area contributed by atoms with E-state index in [1.165, 1.54) is 5.56 Å². The van der Waals surface area contributed by atoms with Crippen LogP contribution in [0, 0.1) is 6.92 Å². The maximum absolute atomic E-state index is 5.88. The van der Waals surface area contributed by atoms with Gasteiger partial charge in [-0.3, -0.25) is 4.98 Å². The van der Waals surface area contributed by atoms with Gasteiger partial charge in [0, 0.05) is 24.0 Å². The van der Waals surface area contributed by atoms with E-state index in [0.29, 0.717) is 0 Å². The van der Waals surface area contributed by atoms with E-state index >= 15 is 0 Å². The Bertz CT molecular complexity index is 769. The molecule has 0 aliphatic heterocycles. The van der Waals surface area contributed by atoms with Gasteiger partial charge in [-0.15, -0.1) is 0 Å². The number of para-hydroxylation sites is 1. The highest BCUT2D eigenvalue weighted by Gasteiger charge is 2.05. The highest BCUT2D eigenvalue weighted by atomic mass is 16.5. The van der Waals surface area contributed by atoms with Gasteiger partial charge in [-0.2, -0.15) is 0 Å². The lowest BCUT2D eigenvalue weighted by atomic mass is 10.1. The fourth-order valence-electron chi connectivity index (χ4n) is 2.48. The van der Waals surface area contributed by atoms with Gasteiger partial charge in [-0.1, -0.05) is 18.2 Å². The van der Waals surface area contributed by atoms with Crippen LogP contribution >= 0.6 is 0 Å². The number of hydrogen-bond donors (Lipinski definition) is 1. The van der Waals surface area contributed by atoms with Crippen molar-refractivity contribution in [3.63, 3.8) is 0 Å². The van der Waals surface area contributed by atoms with Gasteiger partial charge in [0.25, 0.3) is 0 Å². The minimum atomic E-state index is 0.836. The van der Waals surface area contributed by atoms with E-state index in [1.807, 2.05) is 55.6 Å². The molecular weight excluding hydrogens is 272 g/mol. The quantitative estimate of drug-likeness (QED) is 0.769. The first kappa shape index (κ1) is 14.5. The van der Waals surface area contributed by atoms with Crippen molar-refractivity contribution in [1.29, 1.82) is 0 Å². The molecular formula is C19H20N2O. The molecule has 3 heteroatoms. The highest BCUT2D eigenvalue weighted by Crippen LogP contribution is 2.26. The third kappa shape index (κ3) is 3.26. The van der Waals surface area contributed by atoms with Crippen LogP contribution in [0.1, 0.15) is 11.3 Å². The first-order chi connectivity index (χ1) is 10.8. The molecule has 0 radical (unpaired) electrons. The van der Waals surface area contributed by atoms with Gasteiger partial charge in [0.1, 0.15) is 11.5 Å². The van der Waals surface area contributed by atoms with Crippen LogP contribution in [0.15, 0.2) is 54.6 Å². The van der Waals surface area contributed by atoms with Gasteiger partial charge >= 0.3 is 0 Å². The number of aromatic nitrogens is 1. The maximum atomic E-state index is 5.88. The van der Waals surface area contributed by atoms with Crippen LogP contribution in [0.5, 0.6) is 11.5 Å². The van der Waals surface area contributed by atoms with E-state index in [0.717, 1.165) is 41.1 Å². The normalized spacial score (nSPS) is 10.8. The Morgan fingerprint density at radius 1 is 1.00 bits per heavy atom. The zero-order valence-corrected chi connectivity index (χ0v) is 13.0. The standard InChI is InChI=1S/C19H20N2O/c1-14-12-15-13-17(22-16-6-4-3-5-7-16)8-9-19(15)21-18(14)10-11-20-2/h3-9,12-13,20H,10-11H2,1-2H3. The van der Waals surface area contributed by atoms with Crippen LogP contribution in [-0.2, 0) is 6.42 Å². The van der Waals surface area contributed by atoms with Gasteiger partial charge in [0.15, 0.2) is 0 Å². The fraction of sp³-hybridized carbons (Fsp3) is 0.211. The molecule has 1 heterocycles. The van der Waals surface area contributed by atoms with Crippen molar-refractivity contribution in [2.24, 2.45) is 0 Å². The molecule has 0 atom stereocenters. The third-order valence-electron chi connectivity index (χ3n) is 3.67. The number of benzene rings is 2. The molecule has 22 heavy (non-hydrogen) atoms. The van der Waals surface area contributed by atoms with E-state index < -0.39 is 0 Å². The minimum absolute atomic E-state index is 0.836. The van der Waals surface area contributed by atoms with Crippen LogP contribution in [0.25, 0.3) is 10.9 Å². The van der Waals surface area contributed by atoms with Crippen LogP contribution < -0.4 is 10.1 Å². The summed E-state index contributed by atoms with van der Waals surface area (Å²) in [7, 11) is 1.96. The summed E-state index contributed by atoms with van der Waals surface area (Å²) in [6.07, 6.45) is 0.945. The summed E-state index contributed by atoms with van der Waals surface area (Å²) in [5, 5.41) is 4.28. The first-order valence-electron chi connectivity index (χ1n) is 7.54. The van der Waals surface area contributed by atoms with Gasteiger partial charge in [-0.25, -0.2) is 0 Å². The van der Waals surface area contributed by atoms with Crippen LogP contribution in [0.2, 0.25) is 0 Å². The monoisotopic (exact) mass is 292 g/mol. The lowest BCUT2D eigenvalue weighted by molar-refractivity contribution is 0.483. The molecule has 0 aliphatic rings. The van der Waals surface area contributed by atoms with E-state index in [-0.39, 0.29) is 0 Å². The molecule has 3 rings (SSSR count). The van der Waals surface area contributed by atoms with Gasteiger partial charge < -0.3 is 10.1 Å². The first-order valence-corrected chi connectivity index (χ1v) is 7.54. The predicted octanol–water partition coefficient (Wildman–Crippen LogP) is 4.10. The number of pyridine rings is 1. The smallest absolute Gasteiger partial charge is 0.128 e. The Kier molecular flexibility index (Phi) is 4.35. The molecule has 0 spiro atoms. The summed E-state index contributed by atoms with van der Waals surface area (Å²) >= 11 is 0. The van der Waals surface area contributed by atoms with Crippen molar-refractivity contribution < 1.29 is 4.74 Å². The summed E-state index contributed by atoms with van der Waals surface area (Å²) in [5.74, 6) is 1.68. The average molecular weight is 292 g/mol. The Balaban J connectivity index is 1.90. The molecule has 0 unspecified atom stereocenters. The van der Waals surface area contributed by atoms with Crippen LogP contribution in [0.3, 0.4) is 0 Å². The van der Waals surface area contributed by atoms with Crippen molar-refractivity contribution in [2.45, 2.75) is 13.3 Å². The molecule has 112 valence electrons. The number of rotatable bonds is 5. The summed E-state index contributed by atoms with van der Waals surface area (Å²) in [4.78, 5) is 4.76. The molecule has 3 aromatic rings. The molecule has 0 bridgehead atoms. The molecule has 0 aliphatic carbocycles. The molecule has 3 nitrogen and oxygen atoms in total. The number of hydrogen-bond acceptors (Lipinski definition) is 3. The maximum Gasteiger partial charge on any atom is 0.128 e. The summed E-state index contributed by atoms with van der Waals surface area (Å²) < 4.78 is 5.88. The SMILES string of the molecule is CNCCc1nc2ccc(Oc3ccccc3)cc2cc1C. The zero-order valence-electron chi connectivity index (χ0n) is 13.0. The highest BCUT2D eigenvalue weighted by molar-refractivity contribution is 5.81. The van der Waals surface area contributed by atoms with Gasteiger partial charge in [0.2, 0.25) is 0 Å². The lowest BCUT2D eigenvalue weighted by Gasteiger charge is -2.09. The van der Waals surface area contributed by atoms with Gasteiger partial charge in [-0.05, 0) is 55.9 Å². The Morgan fingerprint density at radius 3 is 2.59 bits per heavy atom. The van der Waals surface area contributed by atoms with Crippen molar-refractivity contribution >= 4 is 10.9 Å². The van der Waals surface area contributed by atoms with E-state index in [4.69, 9.17) is 9.72 Å². The van der Waals surface area contributed by atoms with Crippen molar-refractivity contribution in [3.05, 3.63) is 65.9 Å². The minimum Gasteiger partial charge on any atom is -0.457 e. The Labute approximate surface area is 131 Å². The van der Waals surface area contributed by atoms with E-state index in [1.54, 1.807) is 0 Å². The predicted molar refractivity (Wildman–Crippen MR) is 90.6 cm³/mol. The Hall–Kier alpha value is -2.39. The second kappa shape index (κ2) is 6.58. The van der Waals surface area contributed by atoms with Crippen LogP contribution in [0.4, 0.5) is 0 Å². The third-order valence-corrected chi connectivity index (χ3v) is 3.67. The number of aryl methyl sites for hydroxylation is 1. The molecule has 0 fully saturated rings. The number of fused-ring (bicyclic) bond motifs is 1. The second-order valence-corrected chi connectivity index (χ2v) is 5.38. The van der Waals surface area contributed by atoms with Crippen LogP contribution in [-0.4, -0.2) is 18.6 Å². The van der Waals surface area contributed by atoms with Crippen molar-refractivity contribution in [3.8, 4) is 11.5 Å². The van der Waals surface area contributed by atoms with Crippen molar-refractivity contribution in [2.75, 3.05) is 13.6 Å². The summed E-state index contributed by atoms with van der Waals surface area (Å²) in [6, 6.07) is 18.0. The number of nitrogens with zero attached hydrogens (tertiary/aromatic N) is 1. The Morgan fingerprint density at radius 2 is 1.82 bits per heavy atom. The van der Waals surface area contributed by atoms with Gasteiger partial charge in [0.05, 0.1) is 5.52 Å². The zero-order chi connectivity index (χ0) is 15.4. The molecule has 1 aromatic heterocycles. The fourth-order valence-corrected chi connectivity index (χ4v) is 2.48. The molecule has 0 saturated carbocycles. The number of ether oxygens (including phenoxy) is 1. The number of nitrogens with one attached hydrogen (secondary N) is 1. The molecule has 0 amide bonds. The number of likely N-dealkylation sites (N-methyl/N-ethyl adjacent to an activating group) is 1. The van der Waals surface area contributed by atoms with Crippen molar-refractivity contribution in [1.82, 2.24) is 10.3 Å². The lowest BCUT2D eigenvalue weighted by Crippen LogP contribution is -2.12. The summed E-state index contributed by atoms with van der Waals surface area (Å²) in [6.45, 7) is 3.05. The van der Waals surface area contributed by atoms with E-state index in [9.17, 15) is 0 Å². The second-order valence-electron chi connectivity index (χ2n) is 5.38. The summed E-state index contributed by atoms with van der Waals surface area (Å²) in [5.41, 5.74) is 3.38. The largest absolute Gasteiger partial charge is 0.457 e. The molecule has 0 saturated heterocycles.